The first-order chi connectivity index (χ1) is 12.6. The van der Waals surface area contributed by atoms with Crippen LogP contribution in [0.4, 0.5) is 11.6 Å². The molecular weight excluding hydrogens is 330 g/mol. The zero-order valence-corrected chi connectivity index (χ0v) is 15.3. The van der Waals surface area contributed by atoms with Gasteiger partial charge in [-0.1, -0.05) is 6.07 Å². The van der Waals surface area contributed by atoms with Crippen molar-refractivity contribution < 1.29 is 9.53 Å². The summed E-state index contributed by atoms with van der Waals surface area (Å²) >= 11 is 0. The van der Waals surface area contributed by atoms with Crippen molar-refractivity contribution in [3.63, 3.8) is 0 Å². The number of ether oxygens (including phenoxy) is 1. The van der Waals surface area contributed by atoms with Crippen molar-refractivity contribution in [2.45, 2.75) is 13.8 Å². The molecule has 1 aliphatic rings. The van der Waals surface area contributed by atoms with E-state index in [4.69, 9.17) is 4.74 Å². The van der Waals surface area contributed by atoms with Crippen molar-refractivity contribution >= 4 is 17.5 Å². The van der Waals surface area contributed by atoms with Crippen LogP contribution in [-0.2, 0) is 4.74 Å². The maximum atomic E-state index is 12.2. The van der Waals surface area contributed by atoms with Gasteiger partial charge in [0.05, 0.1) is 18.8 Å². The lowest BCUT2D eigenvalue weighted by molar-refractivity contribution is 0.0383. The lowest BCUT2D eigenvalue weighted by Gasteiger charge is -2.26. The second-order valence-corrected chi connectivity index (χ2v) is 6.51. The number of morpholine rings is 1. The van der Waals surface area contributed by atoms with Crippen molar-refractivity contribution in [2.75, 3.05) is 44.7 Å². The standard InChI is InChI=1S/C19H25N5O2/c1-14-9-15(2)11-17(10-14)23-19-21-12-16(13-22-19)18(25)20-3-4-24-5-7-26-8-6-24/h9-13H,3-8H2,1-2H3,(H,20,25)(H,21,22,23). The number of nitrogens with one attached hydrogen (secondary N) is 2. The monoisotopic (exact) mass is 355 g/mol. The predicted molar refractivity (Wildman–Crippen MR) is 101 cm³/mol. The second kappa shape index (κ2) is 8.73. The minimum atomic E-state index is -0.156. The van der Waals surface area contributed by atoms with Gasteiger partial charge in [0.2, 0.25) is 5.95 Å². The quantitative estimate of drug-likeness (QED) is 0.824. The molecule has 2 aromatic rings. The SMILES string of the molecule is Cc1cc(C)cc(Nc2ncc(C(=O)NCCN3CCOCC3)cn2)c1. The van der Waals surface area contributed by atoms with Crippen LogP contribution in [0.25, 0.3) is 0 Å². The highest BCUT2D eigenvalue weighted by molar-refractivity contribution is 5.93. The van der Waals surface area contributed by atoms with Gasteiger partial charge in [-0.15, -0.1) is 0 Å². The van der Waals surface area contributed by atoms with Crippen LogP contribution in [0.5, 0.6) is 0 Å². The number of aromatic nitrogens is 2. The minimum absolute atomic E-state index is 0.156. The van der Waals surface area contributed by atoms with Gasteiger partial charge in [0, 0.05) is 44.3 Å². The van der Waals surface area contributed by atoms with E-state index >= 15 is 0 Å². The van der Waals surface area contributed by atoms with Gasteiger partial charge in [0.1, 0.15) is 0 Å². The lowest BCUT2D eigenvalue weighted by Crippen LogP contribution is -2.41. The maximum absolute atomic E-state index is 12.2. The molecule has 0 unspecified atom stereocenters. The first-order valence-corrected chi connectivity index (χ1v) is 8.86. The topological polar surface area (TPSA) is 79.4 Å². The summed E-state index contributed by atoms with van der Waals surface area (Å²) in [6.45, 7) is 8.86. The Bertz CT molecular complexity index is 722. The van der Waals surface area contributed by atoms with Crippen LogP contribution >= 0.6 is 0 Å². The van der Waals surface area contributed by atoms with E-state index in [1.807, 2.05) is 26.0 Å². The van der Waals surface area contributed by atoms with Gasteiger partial charge in [-0.25, -0.2) is 9.97 Å². The third kappa shape index (κ3) is 5.24. The number of benzene rings is 1. The highest BCUT2D eigenvalue weighted by Gasteiger charge is 2.11. The van der Waals surface area contributed by atoms with Crippen LogP contribution in [0.1, 0.15) is 21.5 Å². The molecule has 1 fully saturated rings. The van der Waals surface area contributed by atoms with Crippen molar-refractivity contribution in [1.29, 1.82) is 0 Å². The summed E-state index contributed by atoms with van der Waals surface area (Å²) in [4.78, 5) is 23.0. The number of carbonyl (C=O) groups is 1. The van der Waals surface area contributed by atoms with Crippen LogP contribution in [0.3, 0.4) is 0 Å². The Hall–Kier alpha value is -2.51. The van der Waals surface area contributed by atoms with E-state index in [-0.39, 0.29) is 5.91 Å². The van der Waals surface area contributed by atoms with Gasteiger partial charge in [-0.2, -0.15) is 0 Å². The molecule has 1 aromatic carbocycles. The summed E-state index contributed by atoms with van der Waals surface area (Å²) in [6, 6.07) is 6.17. The molecule has 2 N–H and O–H groups in total. The Morgan fingerprint density at radius 2 is 1.77 bits per heavy atom. The van der Waals surface area contributed by atoms with Crippen LogP contribution < -0.4 is 10.6 Å². The fraction of sp³-hybridized carbons (Fsp3) is 0.421. The molecule has 3 rings (SSSR count). The molecule has 0 atom stereocenters. The Kier molecular flexibility index (Phi) is 6.14. The molecule has 7 nitrogen and oxygen atoms in total. The molecule has 138 valence electrons. The van der Waals surface area contributed by atoms with Crippen molar-refractivity contribution in [3.05, 3.63) is 47.3 Å². The zero-order chi connectivity index (χ0) is 18.4. The van der Waals surface area contributed by atoms with E-state index in [1.54, 1.807) is 12.4 Å². The van der Waals surface area contributed by atoms with Crippen molar-refractivity contribution in [1.82, 2.24) is 20.2 Å². The molecule has 7 heteroatoms. The van der Waals surface area contributed by atoms with E-state index in [0.29, 0.717) is 18.1 Å². The smallest absolute Gasteiger partial charge is 0.254 e. The number of amides is 1. The average Bonchev–Trinajstić information content (AvgIpc) is 2.62. The highest BCUT2D eigenvalue weighted by atomic mass is 16.5. The number of anilines is 2. The molecule has 1 amide bonds. The molecular formula is C19H25N5O2. The van der Waals surface area contributed by atoms with Crippen LogP contribution in [0.15, 0.2) is 30.6 Å². The Balaban J connectivity index is 1.50. The number of nitrogens with zero attached hydrogens (tertiary/aromatic N) is 3. The fourth-order valence-electron chi connectivity index (χ4n) is 2.94. The molecule has 1 saturated heterocycles. The highest BCUT2D eigenvalue weighted by Crippen LogP contribution is 2.17. The van der Waals surface area contributed by atoms with E-state index in [1.165, 1.54) is 11.1 Å². The van der Waals surface area contributed by atoms with Crippen LogP contribution in [0, 0.1) is 13.8 Å². The molecule has 2 heterocycles. The first-order valence-electron chi connectivity index (χ1n) is 8.86. The molecule has 26 heavy (non-hydrogen) atoms. The molecule has 1 aromatic heterocycles. The van der Waals surface area contributed by atoms with Crippen molar-refractivity contribution in [3.8, 4) is 0 Å². The third-order valence-corrected chi connectivity index (χ3v) is 4.21. The number of hydrogen-bond acceptors (Lipinski definition) is 6. The number of rotatable bonds is 6. The maximum Gasteiger partial charge on any atom is 0.254 e. The predicted octanol–water partition coefficient (Wildman–Crippen LogP) is 1.90. The van der Waals surface area contributed by atoms with Gasteiger partial charge in [-0.3, -0.25) is 9.69 Å². The zero-order valence-electron chi connectivity index (χ0n) is 15.3. The lowest BCUT2D eigenvalue weighted by atomic mass is 10.1. The van der Waals surface area contributed by atoms with Crippen LogP contribution in [0.2, 0.25) is 0 Å². The van der Waals surface area contributed by atoms with Gasteiger partial charge in [-0.05, 0) is 37.1 Å². The van der Waals surface area contributed by atoms with Gasteiger partial charge < -0.3 is 15.4 Å². The summed E-state index contributed by atoms with van der Waals surface area (Å²) in [5.41, 5.74) is 3.73. The summed E-state index contributed by atoms with van der Waals surface area (Å²) in [7, 11) is 0. The van der Waals surface area contributed by atoms with Crippen molar-refractivity contribution in [2.24, 2.45) is 0 Å². The Labute approximate surface area is 153 Å². The molecule has 1 aliphatic heterocycles. The molecule has 0 aliphatic carbocycles. The molecule has 0 saturated carbocycles. The Morgan fingerprint density at radius 3 is 2.42 bits per heavy atom. The molecule has 0 spiro atoms. The molecule has 0 radical (unpaired) electrons. The minimum Gasteiger partial charge on any atom is -0.379 e. The van der Waals surface area contributed by atoms with E-state index < -0.39 is 0 Å². The normalized spacial score (nSPS) is 14.8. The third-order valence-electron chi connectivity index (χ3n) is 4.21. The van der Waals surface area contributed by atoms with Crippen LogP contribution in [-0.4, -0.2) is 60.2 Å². The first kappa shape index (κ1) is 18.3. The van der Waals surface area contributed by atoms with Gasteiger partial charge in [0.15, 0.2) is 0 Å². The summed E-state index contributed by atoms with van der Waals surface area (Å²) in [5.74, 6) is 0.316. The van der Waals surface area contributed by atoms with Gasteiger partial charge >= 0.3 is 0 Å². The second-order valence-electron chi connectivity index (χ2n) is 6.51. The number of carbonyl (C=O) groups excluding carboxylic acids is 1. The van der Waals surface area contributed by atoms with E-state index in [9.17, 15) is 4.79 Å². The molecule has 0 bridgehead atoms. The van der Waals surface area contributed by atoms with E-state index in [0.717, 1.165) is 38.5 Å². The van der Waals surface area contributed by atoms with E-state index in [2.05, 4.69) is 31.6 Å². The fourth-order valence-corrected chi connectivity index (χ4v) is 2.94. The Morgan fingerprint density at radius 1 is 1.12 bits per heavy atom. The number of aryl methyl sites for hydroxylation is 2. The largest absolute Gasteiger partial charge is 0.379 e. The summed E-state index contributed by atoms with van der Waals surface area (Å²) in [6.07, 6.45) is 3.09. The average molecular weight is 355 g/mol. The number of hydrogen-bond donors (Lipinski definition) is 2. The van der Waals surface area contributed by atoms with Gasteiger partial charge in [0.25, 0.3) is 5.91 Å². The summed E-state index contributed by atoms with van der Waals surface area (Å²) in [5, 5.41) is 6.07. The summed E-state index contributed by atoms with van der Waals surface area (Å²) < 4.78 is 5.31.